The van der Waals surface area contributed by atoms with Crippen molar-refractivity contribution in [2.45, 2.75) is 32.0 Å². The summed E-state index contributed by atoms with van der Waals surface area (Å²) in [5.41, 5.74) is 1.29. The number of alkyl halides is 3. The van der Waals surface area contributed by atoms with Crippen LogP contribution in [0.15, 0.2) is 24.4 Å². The van der Waals surface area contributed by atoms with Crippen molar-refractivity contribution >= 4 is 11.0 Å². The predicted octanol–water partition coefficient (Wildman–Crippen LogP) is 3.75. The average Bonchev–Trinajstić information content (AvgIpc) is 3.10. The first-order valence-electron chi connectivity index (χ1n) is 9.06. The van der Waals surface area contributed by atoms with Crippen LogP contribution in [0.5, 0.6) is 5.75 Å². The first-order chi connectivity index (χ1) is 13.4. The second-order valence-electron chi connectivity index (χ2n) is 6.97. The van der Waals surface area contributed by atoms with Gasteiger partial charge in [-0.05, 0) is 50.1 Å². The number of fused-ring (bicyclic) bond motifs is 1. The number of ether oxygens (including phenoxy) is 1. The maximum atomic E-state index is 13.1. The molecule has 0 radical (unpaired) electrons. The fourth-order valence-electron chi connectivity index (χ4n) is 3.69. The van der Waals surface area contributed by atoms with Crippen LogP contribution >= 0.6 is 0 Å². The number of piperidine rings is 1. The molecule has 1 atom stereocenters. The fraction of sp³-hybridized carbons (Fsp3) is 0.421. The van der Waals surface area contributed by atoms with Gasteiger partial charge in [0.05, 0.1) is 30.6 Å². The Morgan fingerprint density at radius 3 is 2.71 bits per heavy atom. The molecular weight excluding hydrogens is 371 g/mol. The molecule has 148 valence electrons. The molecule has 1 fully saturated rings. The zero-order valence-corrected chi connectivity index (χ0v) is 15.5. The lowest BCUT2D eigenvalue weighted by atomic mass is 10.00. The highest BCUT2D eigenvalue weighted by Gasteiger charge is 2.32. The predicted molar refractivity (Wildman–Crippen MR) is 98.2 cm³/mol. The second kappa shape index (κ2) is 7.05. The van der Waals surface area contributed by atoms with E-state index in [0.717, 1.165) is 43.5 Å². The van der Waals surface area contributed by atoms with Crippen molar-refractivity contribution in [3.05, 3.63) is 35.5 Å². The Labute approximate surface area is 159 Å². The molecule has 1 aromatic carbocycles. The topological polar surface area (TPSA) is 64.9 Å². The van der Waals surface area contributed by atoms with Gasteiger partial charge < -0.3 is 10.1 Å². The molecule has 1 aliphatic rings. The Hall–Kier alpha value is -2.68. The van der Waals surface area contributed by atoms with Crippen molar-refractivity contribution in [1.29, 1.82) is 0 Å². The van der Waals surface area contributed by atoms with Gasteiger partial charge >= 0.3 is 6.18 Å². The Morgan fingerprint density at radius 1 is 1.21 bits per heavy atom. The molecule has 4 rings (SSSR count). The van der Waals surface area contributed by atoms with Crippen LogP contribution in [0.1, 0.15) is 30.0 Å². The molecule has 1 unspecified atom stereocenters. The summed E-state index contributed by atoms with van der Waals surface area (Å²) in [4.78, 5) is 0. The van der Waals surface area contributed by atoms with Crippen LogP contribution in [0.4, 0.5) is 13.2 Å². The third kappa shape index (κ3) is 3.30. The number of nitrogens with one attached hydrogen (secondary N) is 1. The largest absolute Gasteiger partial charge is 0.496 e. The summed E-state index contributed by atoms with van der Waals surface area (Å²) in [6, 6.07) is 4.10. The molecule has 3 heterocycles. The minimum Gasteiger partial charge on any atom is -0.496 e. The second-order valence-corrected chi connectivity index (χ2v) is 6.97. The number of rotatable bonds is 3. The number of halogens is 3. The van der Waals surface area contributed by atoms with Crippen LogP contribution < -0.4 is 10.1 Å². The van der Waals surface area contributed by atoms with E-state index >= 15 is 0 Å². The monoisotopic (exact) mass is 391 g/mol. The Kier molecular flexibility index (Phi) is 4.70. The van der Waals surface area contributed by atoms with E-state index in [4.69, 9.17) is 4.74 Å². The van der Waals surface area contributed by atoms with Gasteiger partial charge in [0.1, 0.15) is 5.75 Å². The third-order valence-corrected chi connectivity index (χ3v) is 5.06. The van der Waals surface area contributed by atoms with Crippen molar-refractivity contribution in [1.82, 2.24) is 25.3 Å². The lowest BCUT2D eigenvalue weighted by molar-refractivity contribution is -0.137. The van der Waals surface area contributed by atoms with Crippen molar-refractivity contribution in [3.8, 4) is 17.0 Å². The maximum Gasteiger partial charge on any atom is 0.416 e. The number of hydrogen-bond acceptors (Lipinski definition) is 5. The summed E-state index contributed by atoms with van der Waals surface area (Å²) in [6.07, 6.45) is -0.645. The molecule has 0 aliphatic carbocycles. The molecule has 3 aromatic rings. The molecule has 0 spiro atoms. The number of methoxy groups -OCH3 is 1. The zero-order valence-electron chi connectivity index (χ0n) is 15.5. The number of aromatic nitrogens is 4. The molecule has 6 nitrogen and oxygen atoms in total. The van der Waals surface area contributed by atoms with Crippen LogP contribution in [-0.2, 0) is 6.18 Å². The highest BCUT2D eigenvalue weighted by Crippen LogP contribution is 2.39. The van der Waals surface area contributed by atoms with Gasteiger partial charge in [-0.25, -0.2) is 4.68 Å². The van der Waals surface area contributed by atoms with E-state index in [-0.39, 0.29) is 11.8 Å². The standard InChI is InChI=1S/C19H20F3N5O/c1-11-6-13(19(20,21)22)8-16(28-2)17(11)15-7-12-9-24-27(18(12)26-25-15)14-4-3-5-23-10-14/h6-9,14,23H,3-5,10H2,1-2H3. The van der Waals surface area contributed by atoms with Gasteiger partial charge in [0.2, 0.25) is 0 Å². The molecule has 1 N–H and O–H groups in total. The summed E-state index contributed by atoms with van der Waals surface area (Å²) in [5, 5.41) is 17.2. The van der Waals surface area contributed by atoms with Gasteiger partial charge in [0.25, 0.3) is 0 Å². The van der Waals surface area contributed by atoms with Crippen LogP contribution in [0.3, 0.4) is 0 Å². The van der Waals surface area contributed by atoms with E-state index in [2.05, 4.69) is 20.6 Å². The number of aryl methyl sites for hydroxylation is 1. The molecule has 0 bridgehead atoms. The van der Waals surface area contributed by atoms with Gasteiger partial charge in [-0.1, -0.05) is 0 Å². The van der Waals surface area contributed by atoms with Crippen LogP contribution in [0.2, 0.25) is 0 Å². The van der Waals surface area contributed by atoms with E-state index in [0.29, 0.717) is 22.5 Å². The Morgan fingerprint density at radius 2 is 2.04 bits per heavy atom. The lowest BCUT2D eigenvalue weighted by Crippen LogP contribution is -2.32. The highest BCUT2D eigenvalue weighted by molar-refractivity contribution is 5.81. The third-order valence-electron chi connectivity index (χ3n) is 5.06. The summed E-state index contributed by atoms with van der Waals surface area (Å²) in [6.45, 7) is 3.43. The molecule has 1 saturated heterocycles. The summed E-state index contributed by atoms with van der Waals surface area (Å²) >= 11 is 0. The zero-order chi connectivity index (χ0) is 19.9. The SMILES string of the molecule is COc1cc(C(F)(F)F)cc(C)c1-c1cc2cnn(C3CCCNC3)c2nn1. The fourth-order valence-corrected chi connectivity index (χ4v) is 3.69. The first-order valence-corrected chi connectivity index (χ1v) is 9.06. The number of benzene rings is 1. The van der Waals surface area contributed by atoms with Crippen molar-refractivity contribution in [2.24, 2.45) is 0 Å². The smallest absolute Gasteiger partial charge is 0.416 e. The minimum atomic E-state index is -4.44. The molecule has 0 amide bonds. The van der Waals surface area contributed by atoms with E-state index in [1.165, 1.54) is 7.11 Å². The van der Waals surface area contributed by atoms with Gasteiger partial charge in [0, 0.05) is 17.5 Å². The Bertz CT molecular complexity index is 1010. The maximum absolute atomic E-state index is 13.1. The first kappa shape index (κ1) is 18.7. The van der Waals surface area contributed by atoms with Crippen molar-refractivity contribution in [2.75, 3.05) is 20.2 Å². The molecular formula is C19H20F3N5O. The van der Waals surface area contributed by atoms with Gasteiger partial charge in [0.15, 0.2) is 5.65 Å². The van der Waals surface area contributed by atoms with Crippen LogP contribution in [-0.4, -0.2) is 40.2 Å². The molecule has 1 aliphatic heterocycles. The summed E-state index contributed by atoms with van der Waals surface area (Å²) in [5.74, 6) is 0.116. The highest BCUT2D eigenvalue weighted by atomic mass is 19.4. The Balaban J connectivity index is 1.77. The number of hydrogen-bond donors (Lipinski definition) is 1. The van der Waals surface area contributed by atoms with Gasteiger partial charge in [-0.3, -0.25) is 0 Å². The minimum absolute atomic E-state index is 0.116. The summed E-state index contributed by atoms with van der Waals surface area (Å²) < 4.78 is 46.4. The average molecular weight is 391 g/mol. The van der Waals surface area contributed by atoms with Crippen molar-refractivity contribution in [3.63, 3.8) is 0 Å². The van der Waals surface area contributed by atoms with Crippen LogP contribution in [0.25, 0.3) is 22.3 Å². The lowest BCUT2D eigenvalue weighted by Gasteiger charge is -2.23. The van der Waals surface area contributed by atoms with E-state index in [9.17, 15) is 13.2 Å². The summed E-state index contributed by atoms with van der Waals surface area (Å²) in [7, 11) is 1.35. The normalized spacial score (nSPS) is 17.8. The van der Waals surface area contributed by atoms with Gasteiger partial charge in [-0.2, -0.15) is 18.3 Å². The van der Waals surface area contributed by atoms with Gasteiger partial charge in [-0.15, -0.1) is 10.2 Å². The van der Waals surface area contributed by atoms with Crippen molar-refractivity contribution < 1.29 is 17.9 Å². The quantitative estimate of drug-likeness (QED) is 0.737. The molecule has 2 aromatic heterocycles. The van der Waals surface area contributed by atoms with E-state index in [1.807, 2.05) is 4.68 Å². The van der Waals surface area contributed by atoms with E-state index < -0.39 is 11.7 Å². The van der Waals surface area contributed by atoms with E-state index in [1.54, 1.807) is 19.2 Å². The van der Waals surface area contributed by atoms with Crippen LogP contribution in [0, 0.1) is 6.92 Å². The number of nitrogens with zero attached hydrogens (tertiary/aromatic N) is 4. The molecule has 0 saturated carbocycles. The molecule has 28 heavy (non-hydrogen) atoms. The molecule has 9 heteroatoms.